The smallest absolute Gasteiger partial charge is 0.240 e. The van der Waals surface area contributed by atoms with Crippen molar-refractivity contribution in [1.82, 2.24) is 34.3 Å². The molecular weight excluding hydrogens is 232 g/mol. The molecule has 0 aliphatic carbocycles. The van der Waals surface area contributed by atoms with Crippen molar-refractivity contribution < 1.29 is 0 Å². The van der Waals surface area contributed by atoms with E-state index in [1.54, 1.807) is 28.0 Å². The summed E-state index contributed by atoms with van der Waals surface area (Å²) >= 11 is 0. The highest BCUT2D eigenvalue weighted by atomic mass is 15.3. The van der Waals surface area contributed by atoms with E-state index in [1.165, 1.54) is 0 Å². The van der Waals surface area contributed by atoms with Gasteiger partial charge in [-0.1, -0.05) is 0 Å². The monoisotopic (exact) mass is 242 g/mol. The number of anilines is 1. The largest absolute Gasteiger partial charge is 0.368 e. The number of hydrogen-bond acceptors (Lipinski definition) is 6. The van der Waals surface area contributed by atoms with Crippen LogP contribution in [0.3, 0.4) is 0 Å². The molecule has 3 aromatic heterocycles. The van der Waals surface area contributed by atoms with Gasteiger partial charge in [-0.25, -0.2) is 4.98 Å². The molecule has 0 unspecified atom stereocenters. The summed E-state index contributed by atoms with van der Waals surface area (Å²) in [6.45, 7) is 0. The first-order valence-corrected chi connectivity index (χ1v) is 5.22. The zero-order valence-electron chi connectivity index (χ0n) is 9.59. The Kier molecular flexibility index (Phi) is 2.26. The number of nitrogens with two attached hydrogens (primary N) is 1. The van der Waals surface area contributed by atoms with Gasteiger partial charge in [0, 0.05) is 25.6 Å². The topological polar surface area (TPSA) is 100 Å². The number of nitrogen functional groups attached to an aromatic ring is 1. The summed E-state index contributed by atoms with van der Waals surface area (Å²) in [5, 5.41) is 4.23. The highest BCUT2D eigenvalue weighted by Gasteiger charge is 2.10. The number of aryl methyl sites for hydroxylation is 1. The Bertz CT molecular complexity index is 669. The first-order valence-electron chi connectivity index (χ1n) is 5.22. The number of hydrogen-bond donors (Lipinski definition) is 1. The van der Waals surface area contributed by atoms with Crippen molar-refractivity contribution in [2.45, 2.75) is 0 Å². The van der Waals surface area contributed by atoms with E-state index in [1.807, 2.05) is 19.3 Å². The van der Waals surface area contributed by atoms with E-state index in [9.17, 15) is 0 Å². The molecule has 0 fully saturated rings. The Morgan fingerprint density at radius 2 is 2.06 bits per heavy atom. The summed E-state index contributed by atoms with van der Waals surface area (Å²) < 4.78 is 3.33. The maximum Gasteiger partial charge on any atom is 0.240 e. The molecule has 2 N–H and O–H groups in total. The molecule has 0 radical (unpaired) electrons. The Labute approximate surface area is 102 Å². The van der Waals surface area contributed by atoms with Crippen LogP contribution in [0.4, 0.5) is 5.95 Å². The molecule has 90 valence electrons. The zero-order chi connectivity index (χ0) is 12.5. The summed E-state index contributed by atoms with van der Waals surface area (Å²) in [5.74, 6) is 1.00. The fourth-order valence-corrected chi connectivity index (χ4v) is 1.52. The van der Waals surface area contributed by atoms with Crippen LogP contribution in [-0.2, 0) is 7.05 Å². The Hall–Kier alpha value is -2.77. The van der Waals surface area contributed by atoms with E-state index in [0.29, 0.717) is 17.5 Å². The molecule has 0 spiro atoms. The van der Waals surface area contributed by atoms with Crippen molar-refractivity contribution in [3.05, 3.63) is 31.0 Å². The molecule has 0 saturated heterocycles. The van der Waals surface area contributed by atoms with Gasteiger partial charge >= 0.3 is 0 Å². The van der Waals surface area contributed by atoms with Gasteiger partial charge in [0.25, 0.3) is 0 Å². The van der Waals surface area contributed by atoms with Crippen molar-refractivity contribution >= 4 is 5.95 Å². The molecule has 3 aromatic rings. The summed E-state index contributed by atoms with van der Waals surface area (Å²) in [7, 11) is 1.82. The molecule has 0 saturated carbocycles. The molecule has 0 bridgehead atoms. The Morgan fingerprint density at radius 1 is 1.17 bits per heavy atom. The lowest BCUT2D eigenvalue weighted by molar-refractivity contribution is 0.767. The molecule has 0 atom stereocenters. The maximum absolute atomic E-state index is 5.68. The third kappa shape index (κ3) is 1.79. The van der Waals surface area contributed by atoms with Gasteiger partial charge in [0.05, 0.1) is 0 Å². The molecule has 8 heteroatoms. The SMILES string of the molecule is Cn1ccc(-c2nc(N)nc(-n3ccnc3)n2)n1. The molecule has 3 heterocycles. The average Bonchev–Trinajstić information content (AvgIpc) is 2.98. The van der Waals surface area contributed by atoms with Crippen LogP contribution in [-0.4, -0.2) is 34.3 Å². The van der Waals surface area contributed by atoms with Crippen LogP contribution in [0.5, 0.6) is 0 Å². The predicted molar refractivity (Wildman–Crippen MR) is 63.6 cm³/mol. The van der Waals surface area contributed by atoms with Gasteiger partial charge in [-0.05, 0) is 6.07 Å². The normalized spacial score (nSPS) is 10.7. The van der Waals surface area contributed by atoms with Crippen molar-refractivity contribution in [3.8, 4) is 17.5 Å². The van der Waals surface area contributed by atoms with Crippen molar-refractivity contribution in [1.29, 1.82) is 0 Å². The van der Waals surface area contributed by atoms with E-state index in [-0.39, 0.29) is 5.95 Å². The molecule has 18 heavy (non-hydrogen) atoms. The van der Waals surface area contributed by atoms with Crippen LogP contribution in [0.25, 0.3) is 17.5 Å². The molecule has 0 aliphatic rings. The van der Waals surface area contributed by atoms with Crippen LogP contribution >= 0.6 is 0 Å². The fourth-order valence-electron chi connectivity index (χ4n) is 1.52. The lowest BCUT2D eigenvalue weighted by atomic mass is 10.4. The molecule has 0 amide bonds. The summed E-state index contributed by atoms with van der Waals surface area (Å²) in [5.41, 5.74) is 6.33. The molecule has 8 nitrogen and oxygen atoms in total. The highest BCUT2D eigenvalue weighted by Crippen LogP contribution is 2.13. The second-order valence-electron chi connectivity index (χ2n) is 3.66. The van der Waals surface area contributed by atoms with Crippen molar-refractivity contribution in [2.75, 3.05) is 5.73 Å². The average molecular weight is 242 g/mol. The lowest BCUT2D eigenvalue weighted by Gasteiger charge is -2.03. The van der Waals surface area contributed by atoms with Gasteiger partial charge in [-0.15, -0.1) is 0 Å². The summed E-state index contributed by atoms with van der Waals surface area (Å²) in [6.07, 6.45) is 6.78. The van der Waals surface area contributed by atoms with E-state index >= 15 is 0 Å². The fraction of sp³-hybridized carbons (Fsp3) is 0.100. The second-order valence-corrected chi connectivity index (χ2v) is 3.66. The third-order valence-electron chi connectivity index (χ3n) is 2.32. The van der Waals surface area contributed by atoms with Crippen molar-refractivity contribution in [2.24, 2.45) is 7.05 Å². The van der Waals surface area contributed by atoms with Gasteiger partial charge in [0.1, 0.15) is 12.0 Å². The quantitative estimate of drug-likeness (QED) is 0.681. The Morgan fingerprint density at radius 3 is 2.72 bits per heavy atom. The number of aromatic nitrogens is 7. The first-order chi connectivity index (χ1) is 8.72. The molecule has 0 aromatic carbocycles. The van der Waals surface area contributed by atoms with Gasteiger partial charge < -0.3 is 5.73 Å². The van der Waals surface area contributed by atoms with E-state index < -0.39 is 0 Å². The van der Waals surface area contributed by atoms with E-state index in [2.05, 4.69) is 25.0 Å². The van der Waals surface area contributed by atoms with Crippen LogP contribution < -0.4 is 5.73 Å². The predicted octanol–water partition coefficient (Wildman–Crippen LogP) is 0.0400. The van der Waals surface area contributed by atoms with E-state index in [0.717, 1.165) is 0 Å². The van der Waals surface area contributed by atoms with Crippen LogP contribution in [0, 0.1) is 0 Å². The van der Waals surface area contributed by atoms with E-state index in [4.69, 9.17) is 5.73 Å². The van der Waals surface area contributed by atoms with Gasteiger partial charge in [0.15, 0.2) is 5.82 Å². The highest BCUT2D eigenvalue weighted by molar-refractivity contribution is 5.50. The van der Waals surface area contributed by atoms with Gasteiger partial charge in [0.2, 0.25) is 11.9 Å². The number of rotatable bonds is 2. The minimum Gasteiger partial charge on any atom is -0.368 e. The van der Waals surface area contributed by atoms with Crippen molar-refractivity contribution in [3.63, 3.8) is 0 Å². The second kappa shape index (κ2) is 3.91. The number of nitrogens with zero attached hydrogens (tertiary/aromatic N) is 7. The number of imidazole rings is 1. The minimum absolute atomic E-state index is 0.148. The third-order valence-corrected chi connectivity index (χ3v) is 2.32. The summed E-state index contributed by atoms with van der Waals surface area (Å²) in [6, 6.07) is 1.81. The van der Waals surface area contributed by atoms with Gasteiger partial charge in [-0.3, -0.25) is 9.25 Å². The van der Waals surface area contributed by atoms with Gasteiger partial charge in [-0.2, -0.15) is 20.1 Å². The molecular formula is C10H10N8. The van der Waals surface area contributed by atoms with Crippen LogP contribution in [0.2, 0.25) is 0 Å². The maximum atomic E-state index is 5.68. The lowest BCUT2D eigenvalue weighted by Crippen LogP contribution is -2.06. The molecule has 3 rings (SSSR count). The Balaban J connectivity index is 2.11. The molecule has 0 aliphatic heterocycles. The zero-order valence-corrected chi connectivity index (χ0v) is 9.59. The first kappa shape index (κ1) is 10.4. The van der Waals surface area contributed by atoms with Crippen LogP contribution in [0.1, 0.15) is 0 Å². The minimum atomic E-state index is 0.148. The summed E-state index contributed by atoms with van der Waals surface area (Å²) in [4.78, 5) is 16.4. The van der Waals surface area contributed by atoms with Crippen LogP contribution in [0.15, 0.2) is 31.0 Å². The standard InChI is InChI=1S/C10H10N8/c1-17-4-2-7(16-17)8-13-9(11)15-10(14-8)18-5-3-12-6-18/h2-6H,1H3,(H2,11,13,14,15).